The first-order valence-corrected chi connectivity index (χ1v) is 7.59. The molecule has 0 radical (unpaired) electrons. The molecule has 3 aliphatic heterocycles. The van der Waals surface area contributed by atoms with Gasteiger partial charge in [-0.25, -0.2) is 0 Å². The van der Waals surface area contributed by atoms with E-state index in [1.165, 1.54) is 25.9 Å². The second-order valence-electron chi connectivity index (χ2n) is 5.23. The highest BCUT2D eigenvalue weighted by Crippen LogP contribution is 2.27. The quantitative estimate of drug-likeness (QED) is 0.824. The summed E-state index contributed by atoms with van der Waals surface area (Å²) in [5.74, 6) is 0.758. The van der Waals surface area contributed by atoms with E-state index in [1.54, 1.807) is 0 Å². The lowest BCUT2D eigenvalue weighted by Gasteiger charge is -2.44. The van der Waals surface area contributed by atoms with Crippen molar-refractivity contribution in [3.05, 3.63) is 33.4 Å². The Morgan fingerprint density at radius 2 is 2.11 bits per heavy atom. The van der Waals surface area contributed by atoms with Crippen LogP contribution in [0.3, 0.4) is 0 Å². The molecular formula is C14H17IN2O. The lowest BCUT2D eigenvalue weighted by Crippen LogP contribution is -2.57. The first kappa shape index (κ1) is 12.4. The van der Waals surface area contributed by atoms with E-state index in [0.29, 0.717) is 12.0 Å². The number of rotatable bonds is 2. The average Bonchev–Trinajstić information content (AvgIpc) is 2.40. The Morgan fingerprint density at radius 3 is 2.72 bits per heavy atom. The molecule has 0 unspecified atom stereocenters. The zero-order valence-electron chi connectivity index (χ0n) is 10.2. The van der Waals surface area contributed by atoms with Crippen LogP contribution in [-0.4, -0.2) is 36.5 Å². The highest BCUT2D eigenvalue weighted by atomic mass is 127. The number of nitrogens with one attached hydrogen (secondary N) is 1. The highest BCUT2D eigenvalue weighted by molar-refractivity contribution is 14.1. The van der Waals surface area contributed by atoms with Gasteiger partial charge in [-0.3, -0.25) is 4.79 Å². The molecule has 4 heteroatoms. The number of benzene rings is 1. The molecule has 0 aromatic heterocycles. The number of piperidine rings is 3. The Hall–Kier alpha value is -0.620. The van der Waals surface area contributed by atoms with Crippen molar-refractivity contribution in [2.24, 2.45) is 5.92 Å². The van der Waals surface area contributed by atoms with Gasteiger partial charge in [-0.2, -0.15) is 0 Å². The second kappa shape index (κ2) is 5.17. The van der Waals surface area contributed by atoms with E-state index in [9.17, 15) is 4.79 Å². The van der Waals surface area contributed by atoms with Gasteiger partial charge < -0.3 is 10.2 Å². The maximum absolute atomic E-state index is 12.2. The number of halogens is 1. The second-order valence-corrected chi connectivity index (χ2v) is 6.47. The summed E-state index contributed by atoms with van der Waals surface area (Å²) in [6.45, 7) is 3.45. The molecule has 18 heavy (non-hydrogen) atoms. The number of amides is 1. The third-order valence-corrected chi connectivity index (χ3v) is 4.73. The molecule has 0 spiro atoms. The number of carbonyl (C=O) groups excluding carboxylic acids is 1. The fourth-order valence-corrected chi connectivity index (χ4v) is 3.55. The van der Waals surface area contributed by atoms with Crippen LogP contribution in [0.2, 0.25) is 0 Å². The summed E-state index contributed by atoms with van der Waals surface area (Å²) in [7, 11) is 0. The molecule has 3 nitrogen and oxygen atoms in total. The highest BCUT2D eigenvalue weighted by Gasteiger charge is 2.34. The van der Waals surface area contributed by atoms with E-state index in [-0.39, 0.29) is 5.91 Å². The van der Waals surface area contributed by atoms with E-state index in [2.05, 4.69) is 32.8 Å². The summed E-state index contributed by atoms with van der Waals surface area (Å²) in [5.41, 5.74) is 0.776. The molecule has 4 rings (SSSR count). The maximum Gasteiger partial charge on any atom is 0.251 e. The molecule has 3 saturated heterocycles. The third-order valence-electron chi connectivity index (χ3n) is 4.06. The standard InChI is InChI=1S/C14H17IN2O/c15-12-3-1-2-11(8-12)14(18)16-13-9-17-6-4-10(13)5-7-17/h1-3,8,10,13H,4-7,9H2,(H,16,18)/t13-/m1/s1. The van der Waals surface area contributed by atoms with Crippen molar-refractivity contribution in [1.82, 2.24) is 10.2 Å². The van der Waals surface area contributed by atoms with Crippen molar-refractivity contribution in [3.63, 3.8) is 0 Å². The van der Waals surface area contributed by atoms with Crippen LogP contribution in [0.4, 0.5) is 0 Å². The topological polar surface area (TPSA) is 32.3 Å². The van der Waals surface area contributed by atoms with Crippen molar-refractivity contribution in [2.75, 3.05) is 19.6 Å². The van der Waals surface area contributed by atoms with Gasteiger partial charge in [0.05, 0.1) is 0 Å². The predicted octanol–water partition coefficient (Wildman–Crippen LogP) is 2.12. The minimum absolute atomic E-state index is 0.0762. The molecular weight excluding hydrogens is 339 g/mol. The van der Waals surface area contributed by atoms with Crippen LogP contribution >= 0.6 is 22.6 Å². The van der Waals surface area contributed by atoms with Crippen LogP contribution in [0.1, 0.15) is 23.2 Å². The van der Waals surface area contributed by atoms with E-state index in [1.807, 2.05) is 24.3 Å². The van der Waals surface area contributed by atoms with Crippen LogP contribution in [-0.2, 0) is 0 Å². The average molecular weight is 356 g/mol. The van der Waals surface area contributed by atoms with Crippen LogP contribution in [0, 0.1) is 9.49 Å². The summed E-state index contributed by atoms with van der Waals surface area (Å²) >= 11 is 2.24. The molecule has 1 amide bonds. The van der Waals surface area contributed by atoms with E-state index < -0.39 is 0 Å². The molecule has 1 aromatic rings. The molecule has 3 heterocycles. The van der Waals surface area contributed by atoms with Gasteiger partial charge in [0, 0.05) is 21.7 Å². The Labute approximate surface area is 121 Å². The van der Waals surface area contributed by atoms with Gasteiger partial charge in [0.15, 0.2) is 0 Å². The maximum atomic E-state index is 12.2. The van der Waals surface area contributed by atoms with E-state index in [0.717, 1.165) is 15.7 Å². The zero-order valence-corrected chi connectivity index (χ0v) is 12.4. The van der Waals surface area contributed by atoms with E-state index >= 15 is 0 Å². The van der Waals surface area contributed by atoms with Crippen LogP contribution < -0.4 is 5.32 Å². The molecule has 3 aliphatic rings. The number of carbonyl (C=O) groups is 1. The third kappa shape index (κ3) is 2.54. The molecule has 96 valence electrons. The minimum atomic E-state index is 0.0762. The lowest BCUT2D eigenvalue weighted by atomic mass is 9.84. The zero-order chi connectivity index (χ0) is 12.5. The van der Waals surface area contributed by atoms with Gasteiger partial charge in [-0.05, 0) is 72.6 Å². The Morgan fingerprint density at radius 1 is 1.33 bits per heavy atom. The van der Waals surface area contributed by atoms with E-state index in [4.69, 9.17) is 0 Å². The molecule has 1 N–H and O–H groups in total. The molecule has 1 atom stereocenters. The number of nitrogens with zero attached hydrogens (tertiary/aromatic N) is 1. The molecule has 1 aromatic carbocycles. The number of hydrogen-bond acceptors (Lipinski definition) is 2. The van der Waals surface area contributed by atoms with Crippen LogP contribution in [0.25, 0.3) is 0 Å². The predicted molar refractivity (Wildman–Crippen MR) is 79.6 cm³/mol. The lowest BCUT2D eigenvalue weighted by molar-refractivity contribution is 0.0620. The fraction of sp³-hybridized carbons (Fsp3) is 0.500. The summed E-state index contributed by atoms with van der Waals surface area (Å²) in [5, 5.41) is 3.21. The van der Waals surface area contributed by atoms with Gasteiger partial charge in [-0.1, -0.05) is 6.07 Å². The van der Waals surface area contributed by atoms with Gasteiger partial charge in [-0.15, -0.1) is 0 Å². The summed E-state index contributed by atoms with van der Waals surface area (Å²) < 4.78 is 1.11. The smallest absolute Gasteiger partial charge is 0.251 e. The molecule has 0 aliphatic carbocycles. The Balaban J connectivity index is 1.68. The minimum Gasteiger partial charge on any atom is -0.348 e. The monoisotopic (exact) mass is 356 g/mol. The summed E-state index contributed by atoms with van der Waals surface area (Å²) in [4.78, 5) is 14.7. The fourth-order valence-electron chi connectivity index (χ4n) is 3.01. The van der Waals surface area contributed by atoms with Gasteiger partial charge >= 0.3 is 0 Å². The van der Waals surface area contributed by atoms with Crippen molar-refractivity contribution in [1.29, 1.82) is 0 Å². The van der Waals surface area contributed by atoms with Crippen LogP contribution in [0.5, 0.6) is 0 Å². The summed E-state index contributed by atoms with van der Waals surface area (Å²) in [6.07, 6.45) is 2.47. The summed E-state index contributed by atoms with van der Waals surface area (Å²) in [6, 6.07) is 8.12. The SMILES string of the molecule is O=C(N[C@@H]1CN2CCC1CC2)c1cccc(I)c1. The number of hydrogen-bond donors (Lipinski definition) is 1. The van der Waals surface area contributed by atoms with Crippen molar-refractivity contribution >= 4 is 28.5 Å². The van der Waals surface area contributed by atoms with Gasteiger partial charge in [0.1, 0.15) is 0 Å². The molecule has 3 fully saturated rings. The largest absolute Gasteiger partial charge is 0.348 e. The Kier molecular flexibility index (Phi) is 3.56. The molecule has 0 saturated carbocycles. The normalized spacial score (nSPS) is 30.2. The van der Waals surface area contributed by atoms with Gasteiger partial charge in [0.25, 0.3) is 5.91 Å². The Bertz CT molecular complexity index is 455. The van der Waals surface area contributed by atoms with Crippen molar-refractivity contribution < 1.29 is 4.79 Å². The first-order valence-electron chi connectivity index (χ1n) is 6.51. The van der Waals surface area contributed by atoms with Crippen molar-refractivity contribution in [2.45, 2.75) is 18.9 Å². The van der Waals surface area contributed by atoms with Gasteiger partial charge in [0.2, 0.25) is 0 Å². The first-order chi connectivity index (χ1) is 8.72. The van der Waals surface area contributed by atoms with Crippen molar-refractivity contribution in [3.8, 4) is 0 Å². The molecule has 2 bridgehead atoms. The number of fused-ring (bicyclic) bond motifs is 3. The van der Waals surface area contributed by atoms with Crippen LogP contribution in [0.15, 0.2) is 24.3 Å².